The highest BCUT2D eigenvalue weighted by Crippen LogP contribution is 2.24. The van der Waals surface area contributed by atoms with E-state index in [0.29, 0.717) is 46.5 Å². The summed E-state index contributed by atoms with van der Waals surface area (Å²) in [6.07, 6.45) is 6.57. The summed E-state index contributed by atoms with van der Waals surface area (Å²) in [7, 11) is 3.83. The Hall–Kier alpha value is -5.35. The number of fused-ring (bicyclic) bond motifs is 1. The van der Waals surface area contributed by atoms with Crippen molar-refractivity contribution in [2.24, 2.45) is 0 Å². The number of rotatable bonds is 9. The van der Waals surface area contributed by atoms with Gasteiger partial charge in [0.05, 0.1) is 5.52 Å². The van der Waals surface area contributed by atoms with Crippen LogP contribution < -0.4 is 16.0 Å². The van der Waals surface area contributed by atoms with Crippen molar-refractivity contribution in [2.75, 3.05) is 36.6 Å². The van der Waals surface area contributed by atoms with E-state index in [1.165, 1.54) is 12.1 Å². The van der Waals surface area contributed by atoms with Gasteiger partial charge in [-0.15, -0.1) is 0 Å². The molecule has 0 spiro atoms. The number of nitrogens with one attached hydrogen (secondary N) is 3. The van der Waals surface area contributed by atoms with Crippen LogP contribution >= 0.6 is 0 Å². The van der Waals surface area contributed by atoms with Gasteiger partial charge in [0.1, 0.15) is 11.6 Å². The van der Waals surface area contributed by atoms with Crippen LogP contribution in [0, 0.1) is 5.82 Å². The van der Waals surface area contributed by atoms with Gasteiger partial charge in [0, 0.05) is 53.0 Å². The topological polar surface area (TPSA) is 104 Å². The highest BCUT2D eigenvalue weighted by molar-refractivity contribution is 6.06. The first-order valence-electron chi connectivity index (χ1n) is 12.9. The normalized spacial score (nSPS) is 11.2. The number of para-hydroxylation sites is 1. The summed E-state index contributed by atoms with van der Waals surface area (Å²) in [5, 5.41) is 9.55. The minimum absolute atomic E-state index is 0.274. The van der Waals surface area contributed by atoms with Crippen LogP contribution in [-0.2, 0) is 4.79 Å². The lowest BCUT2D eigenvalue weighted by molar-refractivity contribution is -0.111. The van der Waals surface area contributed by atoms with E-state index in [2.05, 4.69) is 25.9 Å². The van der Waals surface area contributed by atoms with Gasteiger partial charge < -0.3 is 20.9 Å². The van der Waals surface area contributed by atoms with E-state index in [0.717, 1.165) is 5.39 Å². The van der Waals surface area contributed by atoms with Crippen LogP contribution in [0.1, 0.15) is 10.4 Å². The Balaban J connectivity index is 1.26. The number of amides is 2. The lowest BCUT2D eigenvalue weighted by Crippen LogP contribution is -2.14. The molecule has 5 rings (SSSR count). The van der Waals surface area contributed by atoms with Gasteiger partial charge in [0.25, 0.3) is 5.91 Å². The Kier molecular flexibility index (Phi) is 8.12. The summed E-state index contributed by atoms with van der Waals surface area (Å²) < 4.78 is 16.2. The Morgan fingerprint density at radius 1 is 0.927 bits per heavy atom. The number of hydrogen-bond donors (Lipinski definition) is 3. The fourth-order valence-electron chi connectivity index (χ4n) is 4.18. The summed E-state index contributed by atoms with van der Waals surface area (Å²) in [5.74, 6) is -0.126. The van der Waals surface area contributed by atoms with Crippen LogP contribution in [0.25, 0.3) is 16.7 Å². The SMILES string of the molecule is CN(C)C/C=C/C(=O)Nc1cccc(C(=O)Nc2cccc(Nc3nccc(-n4ccc5cccc(F)c54)n3)c2)c1. The van der Waals surface area contributed by atoms with Gasteiger partial charge in [-0.2, -0.15) is 4.98 Å². The van der Waals surface area contributed by atoms with Gasteiger partial charge in [-0.1, -0.05) is 30.3 Å². The van der Waals surface area contributed by atoms with Crippen molar-refractivity contribution in [3.63, 3.8) is 0 Å². The van der Waals surface area contributed by atoms with Crippen molar-refractivity contribution >= 4 is 45.7 Å². The number of carbonyl (C=O) groups is 2. The van der Waals surface area contributed by atoms with Crippen LogP contribution in [-0.4, -0.2) is 51.9 Å². The van der Waals surface area contributed by atoms with E-state index in [4.69, 9.17) is 0 Å². The molecule has 2 aromatic heterocycles. The lowest BCUT2D eigenvalue weighted by Gasteiger charge is -2.11. The van der Waals surface area contributed by atoms with Crippen molar-refractivity contribution in [1.29, 1.82) is 0 Å². The van der Waals surface area contributed by atoms with Gasteiger partial charge in [-0.3, -0.25) is 14.2 Å². The maximum atomic E-state index is 14.5. The minimum Gasteiger partial charge on any atom is -0.324 e. The second-order valence-electron chi connectivity index (χ2n) is 9.50. The number of likely N-dealkylation sites (N-methyl/N-ethyl adjacent to an activating group) is 1. The molecule has 41 heavy (non-hydrogen) atoms. The minimum atomic E-state index is -0.339. The Labute approximate surface area is 236 Å². The fraction of sp³-hybridized carbons (Fsp3) is 0.0968. The molecule has 206 valence electrons. The molecule has 0 bridgehead atoms. The van der Waals surface area contributed by atoms with Crippen LogP contribution in [0.15, 0.2) is 103 Å². The molecule has 0 aliphatic rings. The molecule has 0 saturated carbocycles. The van der Waals surface area contributed by atoms with Crippen LogP contribution in [0.3, 0.4) is 0 Å². The summed E-state index contributed by atoms with van der Waals surface area (Å²) in [6.45, 7) is 0.644. The second-order valence-corrected chi connectivity index (χ2v) is 9.50. The van der Waals surface area contributed by atoms with Crippen LogP contribution in [0.2, 0.25) is 0 Å². The molecule has 9 nitrogen and oxygen atoms in total. The number of hydrogen-bond acceptors (Lipinski definition) is 6. The maximum absolute atomic E-state index is 14.5. The zero-order valence-electron chi connectivity index (χ0n) is 22.5. The first-order valence-corrected chi connectivity index (χ1v) is 12.9. The number of carbonyl (C=O) groups excluding carboxylic acids is 2. The van der Waals surface area contributed by atoms with E-state index >= 15 is 0 Å². The summed E-state index contributed by atoms with van der Waals surface area (Å²) in [5.41, 5.74) is 2.54. The molecular formula is C31H28FN7O2. The fourth-order valence-corrected chi connectivity index (χ4v) is 4.18. The number of nitrogens with zero attached hydrogens (tertiary/aromatic N) is 4. The van der Waals surface area contributed by atoms with Gasteiger partial charge in [-0.05, 0) is 68.7 Å². The largest absolute Gasteiger partial charge is 0.324 e. The number of benzene rings is 3. The van der Waals surface area contributed by atoms with Gasteiger partial charge in [0.15, 0.2) is 0 Å². The Bertz CT molecular complexity index is 1750. The molecule has 10 heteroatoms. The molecule has 0 fully saturated rings. The molecule has 0 aliphatic heterocycles. The van der Waals surface area contributed by atoms with Crippen molar-refractivity contribution in [3.8, 4) is 5.82 Å². The van der Waals surface area contributed by atoms with Gasteiger partial charge in [-0.25, -0.2) is 9.37 Å². The highest BCUT2D eigenvalue weighted by atomic mass is 19.1. The molecule has 0 aliphatic carbocycles. The number of halogens is 1. The van der Waals surface area contributed by atoms with Crippen molar-refractivity contribution in [1.82, 2.24) is 19.4 Å². The number of aromatic nitrogens is 3. The molecule has 0 atom stereocenters. The van der Waals surface area contributed by atoms with Crippen molar-refractivity contribution < 1.29 is 14.0 Å². The summed E-state index contributed by atoms with van der Waals surface area (Å²) in [4.78, 5) is 35.9. The first-order chi connectivity index (χ1) is 19.9. The first kappa shape index (κ1) is 27.2. The van der Waals surface area contributed by atoms with Gasteiger partial charge in [0.2, 0.25) is 11.9 Å². The van der Waals surface area contributed by atoms with E-state index in [9.17, 15) is 14.0 Å². The quantitative estimate of drug-likeness (QED) is 0.207. The molecule has 2 amide bonds. The highest BCUT2D eigenvalue weighted by Gasteiger charge is 2.11. The summed E-state index contributed by atoms with van der Waals surface area (Å²) in [6, 6.07) is 22.3. The number of anilines is 4. The zero-order chi connectivity index (χ0) is 28.8. The van der Waals surface area contributed by atoms with Gasteiger partial charge >= 0.3 is 0 Å². The molecule has 3 aromatic carbocycles. The van der Waals surface area contributed by atoms with Crippen LogP contribution in [0.5, 0.6) is 0 Å². The molecule has 3 N–H and O–H groups in total. The third kappa shape index (κ3) is 6.81. The average Bonchev–Trinajstić information content (AvgIpc) is 3.39. The Morgan fingerprint density at radius 3 is 2.51 bits per heavy atom. The lowest BCUT2D eigenvalue weighted by atomic mass is 10.1. The maximum Gasteiger partial charge on any atom is 0.255 e. The molecule has 5 aromatic rings. The predicted molar refractivity (Wildman–Crippen MR) is 159 cm³/mol. The van der Waals surface area contributed by atoms with Crippen molar-refractivity contribution in [2.45, 2.75) is 0 Å². The van der Waals surface area contributed by atoms with E-state index < -0.39 is 0 Å². The predicted octanol–water partition coefficient (Wildman–Crippen LogP) is 5.61. The molecule has 0 saturated heterocycles. The van der Waals surface area contributed by atoms with Crippen LogP contribution in [0.4, 0.5) is 27.4 Å². The van der Waals surface area contributed by atoms with Crippen molar-refractivity contribution in [3.05, 3.63) is 115 Å². The molecular weight excluding hydrogens is 521 g/mol. The van der Waals surface area contributed by atoms with E-state index in [1.54, 1.807) is 77.6 Å². The third-order valence-electron chi connectivity index (χ3n) is 6.06. The van der Waals surface area contributed by atoms with E-state index in [-0.39, 0.29) is 17.6 Å². The monoisotopic (exact) mass is 549 g/mol. The Morgan fingerprint density at radius 2 is 1.68 bits per heavy atom. The summed E-state index contributed by atoms with van der Waals surface area (Å²) >= 11 is 0. The van der Waals surface area contributed by atoms with E-state index in [1.807, 2.05) is 37.2 Å². The second kappa shape index (κ2) is 12.2. The molecule has 0 radical (unpaired) electrons. The standard InChI is InChI=1S/C31H28FN7O2/c1-38(2)17-6-13-28(40)34-23-9-3-8-22(19-23)30(41)35-24-10-5-11-25(20-24)36-31-33-16-14-27(37-31)39-18-15-21-7-4-12-26(32)29(21)39/h3-16,18-20H,17H2,1-2H3,(H,34,40)(H,35,41)(H,33,36,37)/b13-6+. The average molecular weight is 550 g/mol. The zero-order valence-corrected chi connectivity index (χ0v) is 22.5. The molecule has 0 unspecified atom stereocenters. The third-order valence-corrected chi connectivity index (χ3v) is 6.06. The molecule has 2 heterocycles. The smallest absolute Gasteiger partial charge is 0.255 e.